The molecule has 1 aliphatic heterocycles. The molecule has 1 aliphatic rings. The van der Waals surface area contributed by atoms with Gasteiger partial charge in [-0.3, -0.25) is 14.3 Å². The molecule has 4 aromatic rings. The van der Waals surface area contributed by atoms with Gasteiger partial charge in [0.2, 0.25) is 5.91 Å². The molecule has 0 unspecified atom stereocenters. The Kier molecular flexibility index (Phi) is 7.30. The van der Waals surface area contributed by atoms with Gasteiger partial charge >= 0.3 is 0 Å². The first-order chi connectivity index (χ1) is 17.2. The molecule has 0 radical (unpaired) electrons. The van der Waals surface area contributed by atoms with E-state index < -0.39 is 0 Å². The van der Waals surface area contributed by atoms with Crippen LogP contribution in [-0.4, -0.2) is 62.4 Å². The number of amides is 1. The lowest BCUT2D eigenvalue weighted by molar-refractivity contribution is -0.130. The second-order valence-corrected chi connectivity index (χ2v) is 9.71. The number of nitrogens with zero attached hydrogens (tertiary/aromatic N) is 5. The van der Waals surface area contributed by atoms with Gasteiger partial charge in [-0.2, -0.15) is 0 Å². The maximum Gasteiger partial charge on any atom is 0.233 e. The number of carbonyl (C=O) groups excluding carboxylic acids is 1. The van der Waals surface area contributed by atoms with Crippen molar-refractivity contribution in [3.8, 4) is 11.4 Å². The summed E-state index contributed by atoms with van der Waals surface area (Å²) in [6.07, 6.45) is 1.67. The fraction of sp³-hybridized carbons (Fsp3) is 0.296. The summed E-state index contributed by atoms with van der Waals surface area (Å²) >= 11 is 1.44. The Labute approximate surface area is 209 Å². The van der Waals surface area contributed by atoms with Crippen LogP contribution in [0, 0.1) is 6.92 Å². The number of benzene rings is 2. The molecule has 1 saturated heterocycles. The number of hydrogen-bond donors (Lipinski definition) is 0. The lowest BCUT2D eigenvalue weighted by atomic mass is 10.1. The van der Waals surface area contributed by atoms with Crippen molar-refractivity contribution in [3.63, 3.8) is 0 Å². The van der Waals surface area contributed by atoms with E-state index in [0.717, 1.165) is 55.4 Å². The summed E-state index contributed by atoms with van der Waals surface area (Å²) in [4.78, 5) is 17.4. The molecule has 180 valence electrons. The normalized spacial score (nSPS) is 14.4. The Balaban J connectivity index is 1.22. The van der Waals surface area contributed by atoms with Gasteiger partial charge in [0, 0.05) is 38.3 Å². The maximum absolute atomic E-state index is 13.0. The average molecular weight is 488 g/mol. The molecule has 35 heavy (non-hydrogen) atoms. The number of carbonyl (C=O) groups is 1. The van der Waals surface area contributed by atoms with Crippen molar-refractivity contribution in [2.24, 2.45) is 0 Å². The molecule has 2 aromatic carbocycles. The van der Waals surface area contributed by atoms with Gasteiger partial charge in [0.25, 0.3) is 0 Å². The Bertz CT molecular complexity index is 1250. The highest BCUT2D eigenvalue weighted by Gasteiger charge is 2.23. The van der Waals surface area contributed by atoms with Crippen molar-refractivity contribution < 1.29 is 9.21 Å². The fourth-order valence-electron chi connectivity index (χ4n) is 4.31. The van der Waals surface area contributed by atoms with Crippen molar-refractivity contribution in [2.75, 3.05) is 31.9 Å². The number of aromatic nitrogens is 3. The van der Waals surface area contributed by atoms with E-state index in [4.69, 9.17) is 4.42 Å². The van der Waals surface area contributed by atoms with E-state index in [1.807, 2.05) is 39.8 Å². The summed E-state index contributed by atoms with van der Waals surface area (Å²) in [5.41, 5.74) is 3.46. The highest BCUT2D eigenvalue weighted by atomic mass is 32.2. The predicted molar refractivity (Wildman–Crippen MR) is 137 cm³/mol. The van der Waals surface area contributed by atoms with Gasteiger partial charge < -0.3 is 9.32 Å². The molecule has 2 aromatic heterocycles. The number of thioether (sulfide) groups is 1. The molecule has 0 atom stereocenters. The first-order valence-corrected chi connectivity index (χ1v) is 12.8. The number of piperazine rings is 1. The molecule has 3 heterocycles. The van der Waals surface area contributed by atoms with Crippen LogP contribution in [-0.2, 0) is 17.9 Å². The Hall–Kier alpha value is -3.36. The number of aryl methyl sites for hydroxylation is 1. The third-order valence-corrected chi connectivity index (χ3v) is 7.14. The van der Waals surface area contributed by atoms with Gasteiger partial charge in [-0.15, -0.1) is 10.2 Å². The maximum atomic E-state index is 13.0. The molecular formula is C27H29N5O2S. The molecule has 7 nitrogen and oxygen atoms in total. The highest BCUT2D eigenvalue weighted by Crippen LogP contribution is 2.26. The molecule has 0 N–H and O–H groups in total. The zero-order valence-electron chi connectivity index (χ0n) is 19.8. The van der Waals surface area contributed by atoms with Crippen LogP contribution in [0.3, 0.4) is 0 Å². The summed E-state index contributed by atoms with van der Waals surface area (Å²) in [5, 5.41) is 9.62. The second-order valence-electron chi connectivity index (χ2n) is 8.77. The zero-order valence-corrected chi connectivity index (χ0v) is 20.7. The molecule has 5 rings (SSSR count). The minimum atomic E-state index is 0.138. The van der Waals surface area contributed by atoms with Crippen LogP contribution in [0.5, 0.6) is 0 Å². The average Bonchev–Trinajstić information content (AvgIpc) is 3.54. The van der Waals surface area contributed by atoms with Crippen molar-refractivity contribution in [1.29, 1.82) is 0 Å². The number of hydrogen-bond acceptors (Lipinski definition) is 6. The Morgan fingerprint density at radius 2 is 1.77 bits per heavy atom. The van der Waals surface area contributed by atoms with Crippen LogP contribution >= 0.6 is 11.8 Å². The minimum Gasteiger partial charge on any atom is -0.467 e. The van der Waals surface area contributed by atoms with Crippen LogP contribution in [0.25, 0.3) is 11.4 Å². The van der Waals surface area contributed by atoms with E-state index in [2.05, 4.69) is 58.4 Å². The molecule has 1 amide bonds. The third-order valence-electron chi connectivity index (χ3n) is 6.19. The Morgan fingerprint density at radius 3 is 2.51 bits per heavy atom. The minimum absolute atomic E-state index is 0.138. The van der Waals surface area contributed by atoms with Crippen LogP contribution < -0.4 is 0 Å². The predicted octanol–water partition coefficient (Wildman–Crippen LogP) is 4.33. The van der Waals surface area contributed by atoms with Gasteiger partial charge in [0.1, 0.15) is 5.76 Å². The van der Waals surface area contributed by atoms with Crippen molar-refractivity contribution in [3.05, 3.63) is 89.9 Å². The zero-order chi connectivity index (χ0) is 24.0. The molecule has 0 saturated carbocycles. The lowest BCUT2D eigenvalue weighted by Gasteiger charge is -2.34. The van der Waals surface area contributed by atoms with Crippen LogP contribution in [0.4, 0.5) is 0 Å². The third kappa shape index (κ3) is 5.83. The number of furan rings is 1. The van der Waals surface area contributed by atoms with Crippen molar-refractivity contribution in [1.82, 2.24) is 24.6 Å². The van der Waals surface area contributed by atoms with E-state index >= 15 is 0 Å². The van der Waals surface area contributed by atoms with E-state index in [1.165, 1.54) is 17.3 Å². The standard InChI is InChI=1S/C27H29N5O2S/c1-21-7-5-10-23(17-21)26-28-29-27(32(26)19-24-11-6-16-34-24)35-20-25(33)31-14-12-30(13-15-31)18-22-8-3-2-4-9-22/h2-11,16-17H,12-15,18-20H2,1H3. The quantitative estimate of drug-likeness (QED) is 0.345. The smallest absolute Gasteiger partial charge is 0.233 e. The van der Waals surface area contributed by atoms with Gasteiger partial charge in [-0.05, 0) is 30.7 Å². The SMILES string of the molecule is Cc1cccc(-c2nnc(SCC(=O)N3CCN(Cc4ccccc4)CC3)n2Cc2ccco2)c1. The first-order valence-electron chi connectivity index (χ1n) is 11.9. The molecule has 0 spiro atoms. The first kappa shape index (κ1) is 23.4. The van der Waals surface area contributed by atoms with Crippen LogP contribution in [0.1, 0.15) is 16.9 Å². The van der Waals surface area contributed by atoms with E-state index in [9.17, 15) is 4.79 Å². The Morgan fingerprint density at radius 1 is 0.943 bits per heavy atom. The monoisotopic (exact) mass is 487 g/mol. The van der Waals surface area contributed by atoms with Crippen LogP contribution in [0.15, 0.2) is 82.6 Å². The fourth-order valence-corrected chi connectivity index (χ4v) is 5.15. The highest BCUT2D eigenvalue weighted by molar-refractivity contribution is 7.99. The largest absolute Gasteiger partial charge is 0.467 e. The van der Waals surface area contributed by atoms with Gasteiger partial charge in [0.05, 0.1) is 18.6 Å². The molecule has 1 fully saturated rings. The summed E-state index contributed by atoms with van der Waals surface area (Å²) in [7, 11) is 0. The van der Waals surface area contributed by atoms with Gasteiger partial charge in [0.15, 0.2) is 11.0 Å². The van der Waals surface area contributed by atoms with Crippen molar-refractivity contribution in [2.45, 2.75) is 25.2 Å². The van der Waals surface area contributed by atoms with E-state index in [1.54, 1.807) is 6.26 Å². The van der Waals surface area contributed by atoms with E-state index in [0.29, 0.717) is 17.5 Å². The summed E-state index contributed by atoms with van der Waals surface area (Å²) in [6, 6.07) is 22.5. The topological polar surface area (TPSA) is 67.4 Å². The van der Waals surface area contributed by atoms with Gasteiger partial charge in [-0.25, -0.2) is 0 Å². The molecule has 8 heteroatoms. The lowest BCUT2D eigenvalue weighted by Crippen LogP contribution is -2.48. The summed E-state index contributed by atoms with van der Waals surface area (Å²) in [6.45, 7) is 6.77. The molecule has 0 bridgehead atoms. The van der Waals surface area contributed by atoms with Crippen LogP contribution in [0.2, 0.25) is 0 Å². The second kappa shape index (κ2) is 10.9. The summed E-state index contributed by atoms with van der Waals surface area (Å²) in [5.74, 6) is 2.07. The summed E-state index contributed by atoms with van der Waals surface area (Å²) < 4.78 is 7.62. The molecule has 0 aliphatic carbocycles. The van der Waals surface area contributed by atoms with E-state index in [-0.39, 0.29) is 5.91 Å². The van der Waals surface area contributed by atoms with Crippen molar-refractivity contribution >= 4 is 17.7 Å². The number of rotatable bonds is 8. The molecular weight excluding hydrogens is 458 g/mol. The van der Waals surface area contributed by atoms with Gasteiger partial charge in [-0.1, -0.05) is 65.9 Å².